The summed E-state index contributed by atoms with van der Waals surface area (Å²) < 4.78 is 11.3. The predicted molar refractivity (Wildman–Crippen MR) is 62.1 cm³/mol. The molecule has 1 heterocycles. The van der Waals surface area contributed by atoms with Crippen LogP contribution < -0.4 is 0 Å². The van der Waals surface area contributed by atoms with E-state index in [0.29, 0.717) is 13.2 Å². The van der Waals surface area contributed by atoms with E-state index in [2.05, 4.69) is 4.99 Å². The third kappa shape index (κ3) is 2.80. The molecule has 1 unspecified atom stereocenters. The maximum atomic E-state index is 10.2. The van der Waals surface area contributed by atoms with Crippen LogP contribution in [-0.4, -0.2) is 18.5 Å². The quantitative estimate of drug-likeness (QED) is 0.594. The molecule has 0 aromatic heterocycles. The summed E-state index contributed by atoms with van der Waals surface area (Å²) in [4.78, 5) is 13.8. The van der Waals surface area contributed by atoms with Crippen LogP contribution in [0.1, 0.15) is 31.1 Å². The monoisotopic (exact) mass is 233 g/mol. The summed E-state index contributed by atoms with van der Waals surface area (Å²) in [6.07, 6.45) is 1.46. The topological polar surface area (TPSA) is 47.9 Å². The number of carbonyl (C=O) groups excluding carboxylic acids is 1. The number of aliphatic imine (C=N–C) groups is 1. The Labute approximate surface area is 100 Å². The lowest BCUT2D eigenvalue weighted by Crippen LogP contribution is -2.19. The average Bonchev–Trinajstić information content (AvgIpc) is 2.67. The van der Waals surface area contributed by atoms with Crippen LogP contribution in [0.5, 0.6) is 0 Å². The summed E-state index contributed by atoms with van der Waals surface area (Å²) in [5, 5.41) is 0. The summed E-state index contributed by atoms with van der Waals surface area (Å²) in [5.41, 5.74) is 2.00. The van der Waals surface area contributed by atoms with Crippen LogP contribution in [0.15, 0.2) is 29.3 Å². The Kier molecular flexibility index (Phi) is 3.38. The predicted octanol–water partition coefficient (Wildman–Crippen LogP) is 2.35. The largest absolute Gasteiger partial charge is 0.347 e. The summed E-state index contributed by atoms with van der Waals surface area (Å²) in [7, 11) is 0. The fourth-order valence-electron chi connectivity index (χ4n) is 1.95. The van der Waals surface area contributed by atoms with Crippen molar-refractivity contribution in [3.8, 4) is 0 Å². The molecule has 0 saturated carbocycles. The van der Waals surface area contributed by atoms with Crippen molar-refractivity contribution < 1.29 is 14.3 Å². The van der Waals surface area contributed by atoms with E-state index in [9.17, 15) is 4.79 Å². The van der Waals surface area contributed by atoms with Gasteiger partial charge in [-0.2, -0.15) is 0 Å². The van der Waals surface area contributed by atoms with Crippen molar-refractivity contribution in [2.24, 2.45) is 4.99 Å². The Bertz CT molecular complexity index is 450. The molecule has 90 valence electrons. The molecule has 4 nitrogen and oxygen atoms in total. The SMILES string of the molecule is CC1(C)OCC(c2ccccc2CN=C=O)O1. The van der Waals surface area contributed by atoms with Crippen molar-refractivity contribution in [2.75, 3.05) is 6.61 Å². The molecule has 0 radical (unpaired) electrons. The van der Waals surface area contributed by atoms with E-state index in [1.165, 1.54) is 0 Å². The molecule has 1 aromatic carbocycles. The van der Waals surface area contributed by atoms with E-state index in [1.807, 2.05) is 38.1 Å². The van der Waals surface area contributed by atoms with Crippen molar-refractivity contribution in [1.82, 2.24) is 0 Å². The number of rotatable bonds is 3. The van der Waals surface area contributed by atoms with Crippen molar-refractivity contribution in [3.63, 3.8) is 0 Å². The molecule has 1 fully saturated rings. The molecule has 0 amide bonds. The van der Waals surface area contributed by atoms with Gasteiger partial charge < -0.3 is 9.47 Å². The number of hydrogen-bond donors (Lipinski definition) is 0. The van der Waals surface area contributed by atoms with Crippen LogP contribution in [0.2, 0.25) is 0 Å². The molecule has 1 atom stereocenters. The molecule has 17 heavy (non-hydrogen) atoms. The van der Waals surface area contributed by atoms with Gasteiger partial charge in [0.2, 0.25) is 6.08 Å². The highest BCUT2D eigenvalue weighted by atomic mass is 16.7. The number of hydrogen-bond acceptors (Lipinski definition) is 4. The number of ether oxygens (including phenoxy) is 2. The minimum absolute atomic E-state index is 0.0944. The fourth-order valence-corrected chi connectivity index (χ4v) is 1.95. The number of nitrogens with zero attached hydrogens (tertiary/aromatic N) is 1. The number of isocyanates is 1. The molecule has 0 N–H and O–H groups in total. The van der Waals surface area contributed by atoms with Crippen LogP contribution in [0.25, 0.3) is 0 Å². The van der Waals surface area contributed by atoms with Gasteiger partial charge in [0.1, 0.15) is 6.10 Å². The average molecular weight is 233 g/mol. The third-order valence-electron chi connectivity index (χ3n) is 2.72. The minimum Gasteiger partial charge on any atom is -0.347 e. The Morgan fingerprint density at radius 1 is 1.47 bits per heavy atom. The van der Waals surface area contributed by atoms with Crippen LogP contribution in [0.3, 0.4) is 0 Å². The lowest BCUT2D eigenvalue weighted by molar-refractivity contribution is -0.139. The lowest BCUT2D eigenvalue weighted by Gasteiger charge is -2.18. The third-order valence-corrected chi connectivity index (χ3v) is 2.72. The molecule has 1 aromatic rings. The standard InChI is InChI=1S/C13H15NO3/c1-13(2)16-8-12(17-13)11-6-4-3-5-10(11)7-14-9-15/h3-6,12H,7-8H2,1-2H3. The highest BCUT2D eigenvalue weighted by Crippen LogP contribution is 2.34. The van der Waals surface area contributed by atoms with E-state index in [0.717, 1.165) is 11.1 Å². The van der Waals surface area contributed by atoms with Gasteiger partial charge in [0.15, 0.2) is 5.79 Å². The van der Waals surface area contributed by atoms with Gasteiger partial charge in [-0.15, -0.1) is 0 Å². The minimum atomic E-state index is -0.550. The molecular weight excluding hydrogens is 218 g/mol. The molecular formula is C13H15NO3. The van der Waals surface area contributed by atoms with Crippen molar-refractivity contribution in [1.29, 1.82) is 0 Å². The molecule has 4 heteroatoms. The maximum Gasteiger partial charge on any atom is 0.235 e. The molecule has 2 rings (SSSR count). The second kappa shape index (κ2) is 4.80. The molecule has 1 aliphatic rings. The van der Waals surface area contributed by atoms with Gasteiger partial charge in [-0.3, -0.25) is 0 Å². The Balaban J connectivity index is 2.23. The van der Waals surface area contributed by atoms with Crippen molar-refractivity contribution in [3.05, 3.63) is 35.4 Å². The Hall–Kier alpha value is -1.48. The van der Waals surface area contributed by atoms with E-state index in [1.54, 1.807) is 6.08 Å². The first-order chi connectivity index (χ1) is 8.12. The van der Waals surface area contributed by atoms with Gasteiger partial charge >= 0.3 is 0 Å². The first-order valence-electron chi connectivity index (χ1n) is 5.55. The molecule has 1 aliphatic heterocycles. The first-order valence-corrected chi connectivity index (χ1v) is 5.55. The van der Waals surface area contributed by atoms with Crippen LogP contribution in [0, 0.1) is 0 Å². The lowest BCUT2D eigenvalue weighted by atomic mass is 10.0. The van der Waals surface area contributed by atoms with E-state index in [4.69, 9.17) is 9.47 Å². The smallest absolute Gasteiger partial charge is 0.235 e. The Morgan fingerprint density at radius 2 is 2.24 bits per heavy atom. The van der Waals surface area contributed by atoms with Gasteiger partial charge in [0, 0.05) is 0 Å². The van der Waals surface area contributed by atoms with Gasteiger partial charge in [0.25, 0.3) is 0 Å². The van der Waals surface area contributed by atoms with Gasteiger partial charge in [-0.1, -0.05) is 24.3 Å². The molecule has 0 spiro atoms. The molecule has 0 bridgehead atoms. The fraction of sp³-hybridized carbons (Fsp3) is 0.462. The maximum absolute atomic E-state index is 10.2. The highest BCUT2D eigenvalue weighted by Gasteiger charge is 2.34. The molecule has 1 saturated heterocycles. The van der Waals surface area contributed by atoms with E-state index < -0.39 is 5.79 Å². The van der Waals surface area contributed by atoms with Gasteiger partial charge in [-0.25, -0.2) is 9.79 Å². The van der Waals surface area contributed by atoms with Gasteiger partial charge in [-0.05, 0) is 25.0 Å². The van der Waals surface area contributed by atoms with Crippen molar-refractivity contribution in [2.45, 2.75) is 32.3 Å². The van der Waals surface area contributed by atoms with E-state index in [-0.39, 0.29) is 6.10 Å². The van der Waals surface area contributed by atoms with E-state index >= 15 is 0 Å². The Morgan fingerprint density at radius 3 is 2.88 bits per heavy atom. The van der Waals surface area contributed by atoms with Gasteiger partial charge in [0.05, 0.1) is 13.2 Å². The summed E-state index contributed by atoms with van der Waals surface area (Å²) >= 11 is 0. The second-order valence-electron chi connectivity index (χ2n) is 4.42. The van der Waals surface area contributed by atoms with Crippen LogP contribution in [0.4, 0.5) is 0 Å². The zero-order valence-electron chi connectivity index (χ0n) is 9.97. The summed E-state index contributed by atoms with van der Waals surface area (Å²) in [5.74, 6) is -0.550. The molecule has 0 aliphatic carbocycles. The van der Waals surface area contributed by atoms with Crippen LogP contribution >= 0.6 is 0 Å². The highest BCUT2D eigenvalue weighted by molar-refractivity contribution is 5.36. The summed E-state index contributed by atoms with van der Waals surface area (Å²) in [6, 6.07) is 7.77. The van der Waals surface area contributed by atoms with Crippen molar-refractivity contribution >= 4 is 6.08 Å². The number of benzene rings is 1. The zero-order chi connectivity index (χ0) is 12.3. The zero-order valence-corrected chi connectivity index (χ0v) is 9.97. The summed E-state index contributed by atoms with van der Waals surface area (Å²) in [6.45, 7) is 4.63. The van der Waals surface area contributed by atoms with Crippen LogP contribution in [-0.2, 0) is 20.8 Å². The normalized spacial score (nSPS) is 22.1. The second-order valence-corrected chi connectivity index (χ2v) is 4.42. The first kappa shape index (κ1) is 12.0.